The van der Waals surface area contributed by atoms with Gasteiger partial charge in [0.2, 0.25) is 0 Å². The molecule has 0 saturated carbocycles. The first kappa shape index (κ1) is 16.6. The smallest absolute Gasteiger partial charge is 0.137 e. The van der Waals surface area contributed by atoms with Crippen LogP contribution in [-0.2, 0) is 10.8 Å². The van der Waals surface area contributed by atoms with E-state index in [2.05, 4.69) is 41.5 Å². The summed E-state index contributed by atoms with van der Waals surface area (Å²) in [6.07, 6.45) is 0.715. The van der Waals surface area contributed by atoms with Gasteiger partial charge in [0.25, 0.3) is 0 Å². The second-order valence-electron chi connectivity index (χ2n) is 7.88. The van der Waals surface area contributed by atoms with Crippen molar-refractivity contribution in [3.8, 4) is 5.75 Å². The topological polar surface area (TPSA) is 53.6 Å². The van der Waals surface area contributed by atoms with Crippen LogP contribution in [0.2, 0.25) is 0 Å². The van der Waals surface area contributed by atoms with Crippen molar-refractivity contribution in [3.05, 3.63) is 53.0 Å². The number of hydrogen-bond donors (Lipinski definition) is 2. The minimum atomic E-state index is -0.835. The van der Waals surface area contributed by atoms with Gasteiger partial charge >= 0.3 is 0 Å². The zero-order valence-corrected chi connectivity index (χ0v) is 14.3. The predicted molar refractivity (Wildman–Crippen MR) is 88.3 cm³/mol. The lowest BCUT2D eigenvalue weighted by Crippen LogP contribution is -2.18. The fraction of sp³-hybridized carbons (Fsp3) is 0.474. The summed E-state index contributed by atoms with van der Waals surface area (Å²) in [5, 5.41) is 21.3. The van der Waals surface area contributed by atoms with Gasteiger partial charge in [0.15, 0.2) is 0 Å². The lowest BCUT2D eigenvalue weighted by atomic mass is 9.78. The number of furan rings is 1. The van der Waals surface area contributed by atoms with E-state index in [0.717, 1.165) is 16.7 Å². The number of aliphatic hydroxyl groups excluding tert-OH is 1. The van der Waals surface area contributed by atoms with Crippen LogP contribution in [0.15, 0.2) is 34.9 Å². The average molecular weight is 302 g/mol. The molecular formula is C19H26O3. The zero-order valence-electron chi connectivity index (χ0n) is 14.3. The summed E-state index contributed by atoms with van der Waals surface area (Å²) in [4.78, 5) is 0. The van der Waals surface area contributed by atoms with E-state index in [1.54, 1.807) is 18.4 Å². The molecule has 2 aromatic rings. The molecule has 3 nitrogen and oxygen atoms in total. The molecule has 1 aromatic carbocycles. The van der Waals surface area contributed by atoms with Crippen LogP contribution in [0, 0.1) is 0 Å². The van der Waals surface area contributed by atoms with Gasteiger partial charge in [-0.05, 0) is 51.8 Å². The molecule has 0 fully saturated rings. The summed E-state index contributed by atoms with van der Waals surface area (Å²) in [5.74, 6) is 0.820. The summed E-state index contributed by atoms with van der Waals surface area (Å²) in [5.41, 5.74) is 1.97. The van der Waals surface area contributed by atoms with E-state index < -0.39 is 6.10 Å². The molecule has 0 aliphatic rings. The molecule has 2 N–H and O–H groups in total. The molecule has 0 spiro atoms. The summed E-state index contributed by atoms with van der Waals surface area (Å²) >= 11 is 0. The number of aromatic hydroxyl groups is 1. The molecule has 22 heavy (non-hydrogen) atoms. The van der Waals surface area contributed by atoms with Crippen LogP contribution < -0.4 is 0 Å². The van der Waals surface area contributed by atoms with Crippen LogP contribution in [0.1, 0.15) is 70.1 Å². The second kappa shape index (κ2) is 5.47. The molecule has 1 heterocycles. The maximum atomic E-state index is 10.7. The van der Waals surface area contributed by atoms with Crippen LogP contribution in [0.5, 0.6) is 5.75 Å². The van der Waals surface area contributed by atoms with Crippen molar-refractivity contribution in [2.45, 2.75) is 58.5 Å². The number of rotatable bonds is 2. The number of phenolic OH excluding ortho intramolecular Hbond substituents is 1. The Hall–Kier alpha value is -1.74. The van der Waals surface area contributed by atoms with E-state index in [0.29, 0.717) is 11.5 Å². The van der Waals surface area contributed by atoms with Gasteiger partial charge in [-0.15, -0.1) is 0 Å². The molecule has 1 aromatic heterocycles. The van der Waals surface area contributed by atoms with Gasteiger partial charge < -0.3 is 14.6 Å². The maximum Gasteiger partial charge on any atom is 0.137 e. The quantitative estimate of drug-likeness (QED) is 0.848. The summed E-state index contributed by atoms with van der Waals surface area (Å²) in [7, 11) is 0. The third-order valence-electron chi connectivity index (χ3n) is 3.88. The molecule has 0 saturated heterocycles. The van der Waals surface area contributed by atoms with Gasteiger partial charge in [0.1, 0.15) is 17.6 Å². The third kappa shape index (κ3) is 3.20. The highest BCUT2D eigenvalue weighted by Gasteiger charge is 2.28. The fourth-order valence-electron chi connectivity index (χ4n) is 2.57. The van der Waals surface area contributed by atoms with Crippen molar-refractivity contribution in [2.75, 3.05) is 0 Å². The van der Waals surface area contributed by atoms with Gasteiger partial charge in [-0.2, -0.15) is 0 Å². The van der Waals surface area contributed by atoms with Gasteiger partial charge in [-0.1, -0.05) is 41.5 Å². The first-order chi connectivity index (χ1) is 10.0. The van der Waals surface area contributed by atoms with Crippen molar-refractivity contribution in [2.24, 2.45) is 0 Å². The van der Waals surface area contributed by atoms with E-state index in [4.69, 9.17) is 4.42 Å². The van der Waals surface area contributed by atoms with E-state index >= 15 is 0 Å². The van der Waals surface area contributed by atoms with E-state index in [1.807, 2.05) is 12.1 Å². The van der Waals surface area contributed by atoms with Crippen molar-refractivity contribution in [3.63, 3.8) is 0 Å². The number of benzene rings is 1. The molecule has 1 atom stereocenters. The predicted octanol–water partition coefficient (Wildman–Crippen LogP) is 4.66. The molecule has 0 aliphatic heterocycles. The summed E-state index contributed by atoms with van der Waals surface area (Å²) in [6.45, 7) is 12.3. The lowest BCUT2D eigenvalue weighted by Gasteiger charge is -2.28. The molecule has 120 valence electrons. The molecule has 0 radical (unpaired) electrons. The average Bonchev–Trinajstić information content (AvgIpc) is 2.89. The van der Waals surface area contributed by atoms with Crippen molar-refractivity contribution < 1.29 is 14.6 Å². The molecule has 0 amide bonds. The van der Waals surface area contributed by atoms with Crippen LogP contribution in [0.3, 0.4) is 0 Å². The first-order valence-electron chi connectivity index (χ1n) is 7.61. The Balaban J connectivity index is 2.65. The van der Waals surface area contributed by atoms with Gasteiger partial charge in [0.05, 0.1) is 6.26 Å². The number of aliphatic hydroxyl groups is 1. The van der Waals surface area contributed by atoms with E-state index in [1.165, 1.54) is 0 Å². The van der Waals surface area contributed by atoms with Gasteiger partial charge in [-0.25, -0.2) is 0 Å². The fourth-order valence-corrected chi connectivity index (χ4v) is 2.57. The van der Waals surface area contributed by atoms with Gasteiger partial charge in [0, 0.05) is 0 Å². The maximum absolute atomic E-state index is 10.7. The minimum absolute atomic E-state index is 0.219. The monoisotopic (exact) mass is 302 g/mol. The minimum Gasteiger partial charge on any atom is -0.507 e. The zero-order chi connectivity index (χ0) is 16.7. The normalized spacial score (nSPS) is 14.1. The van der Waals surface area contributed by atoms with Crippen LogP contribution in [-0.4, -0.2) is 10.2 Å². The molecule has 2 rings (SSSR count). The Kier molecular flexibility index (Phi) is 4.14. The highest BCUT2D eigenvalue weighted by molar-refractivity contribution is 5.51. The van der Waals surface area contributed by atoms with Gasteiger partial charge in [-0.3, -0.25) is 0 Å². The van der Waals surface area contributed by atoms with Crippen molar-refractivity contribution in [1.82, 2.24) is 0 Å². The van der Waals surface area contributed by atoms with Crippen LogP contribution in [0.4, 0.5) is 0 Å². The highest BCUT2D eigenvalue weighted by atomic mass is 16.4. The molecular weight excluding hydrogens is 276 g/mol. The van der Waals surface area contributed by atoms with Crippen LogP contribution >= 0.6 is 0 Å². The largest absolute Gasteiger partial charge is 0.507 e. The Morgan fingerprint density at radius 2 is 1.45 bits per heavy atom. The molecule has 0 aliphatic carbocycles. The Morgan fingerprint density at radius 1 is 0.955 bits per heavy atom. The third-order valence-corrected chi connectivity index (χ3v) is 3.88. The Labute approximate surface area is 132 Å². The van der Waals surface area contributed by atoms with E-state index in [9.17, 15) is 10.2 Å². The molecule has 3 heteroatoms. The summed E-state index contributed by atoms with van der Waals surface area (Å²) < 4.78 is 5.32. The first-order valence-corrected chi connectivity index (χ1v) is 7.61. The second-order valence-corrected chi connectivity index (χ2v) is 7.88. The van der Waals surface area contributed by atoms with E-state index in [-0.39, 0.29) is 10.8 Å². The van der Waals surface area contributed by atoms with Crippen molar-refractivity contribution >= 4 is 0 Å². The SMILES string of the molecule is CC(C)(C)c1cc(C(O)c2ccco2)cc(C(C)(C)C)c1O. The molecule has 0 bridgehead atoms. The summed E-state index contributed by atoms with van der Waals surface area (Å²) in [6, 6.07) is 7.26. The highest BCUT2D eigenvalue weighted by Crippen LogP contribution is 2.41. The molecule has 1 unspecified atom stereocenters. The lowest BCUT2D eigenvalue weighted by molar-refractivity contribution is 0.189. The number of hydrogen-bond acceptors (Lipinski definition) is 3. The Bertz CT molecular complexity index is 605. The van der Waals surface area contributed by atoms with Crippen molar-refractivity contribution in [1.29, 1.82) is 0 Å². The van der Waals surface area contributed by atoms with Crippen LogP contribution in [0.25, 0.3) is 0 Å². The Morgan fingerprint density at radius 3 is 1.82 bits per heavy atom. The number of phenols is 1. The standard InChI is InChI=1S/C19H26O3/c1-18(2,3)13-10-12(16(20)15-8-7-9-22-15)11-14(17(13)21)19(4,5)6/h7-11,16,20-21H,1-6H3.